The van der Waals surface area contributed by atoms with E-state index in [2.05, 4.69) is 15.0 Å². The molecule has 7 heteroatoms. The molecule has 106 valence electrons. The van der Waals surface area contributed by atoms with E-state index in [1.807, 2.05) is 20.8 Å². The topological polar surface area (TPSA) is 57.1 Å². The zero-order chi connectivity index (χ0) is 14.7. The molecule has 0 saturated heterocycles. The van der Waals surface area contributed by atoms with Crippen LogP contribution in [0.3, 0.4) is 0 Å². The van der Waals surface area contributed by atoms with Gasteiger partial charge in [0.25, 0.3) is 0 Å². The van der Waals surface area contributed by atoms with E-state index in [0.717, 1.165) is 5.56 Å². The Morgan fingerprint density at radius 2 is 1.85 bits per heavy atom. The van der Waals surface area contributed by atoms with Gasteiger partial charge < -0.3 is 9.47 Å². The van der Waals surface area contributed by atoms with Crippen molar-refractivity contribution >= 4 is 11.6 Å². The lowest BCUT2D eigenvalue weighted by Gasteiger charge is -2.09. The summed E-state index contributed by atoms with van der Waals surface area (Å²) in [7, 11) is 0. The minimum absolute atomic E-state index is 0.0164. The van der Waals surface area contributed by atoms with Crippen LogP contribution in [-0.4, -0.2) is 21.1 Å². The van der Waals surface area contributed by atoms with Gasteiger partial charge in [-0.15, -0.1) is 4.98 Å². The van der Waals surface area contributed by atoms with Crippen LogP contribution in [0.5, 0.6) is 17.8 Å². The number of ether oxygens (including phenoxy) is 2. The van der Waals surface area contributed by atoms with Crippen LogP contribution < -0.4 is 9.47 Å². The number of nitrogens with zero attached hydrogens (tertiary/aromatic N) is 3. The standard InChI is InChI=1S/C13H13ClFN3O2/c1-7(2)19-12-16-11(14)17-13(18-12)20-10-6-8(3)4-5-9(10)15/h4-7H,1-3H3. The molecule has 1 aromatic heterocycles. The Bertz CT molecular complexity index is 623. The van der Waals surface area contributed by atoms with Gasteiger partial charge >= 0.3 is 12.0 Å². The number of hydrogen-bond acceptors (Lipinski definition) is 5. The molecule has 0 unspecified atom stereocenters. The smallest absolute Gasteiger partial charge is 0.329 e. The van der Waals surface area contributed by atoms with E-state index in [4.69, 9.17) is 21.1 Å². The summed E-state index contributed by atoms with van der Waals surface area (Å²) in [5.74, 6) is -0.499. The Balaban J connectivity index is 2.28. The van der Waals surface area contributed by atoms with Gasteiger partial charge in [-0.1, -0.05) is 6.07 Å². The van der Waals surface area contributed by atoms with E-state index in [-0.39, 0.29) is 29.2 Å². The Morgan fingerprint density at radius 3 is 2.55 bits per heavy atom. The molecular formula is C13H13ClFN3O2. The summed E-state index contributed by atoms with van der Waals surface area (Å²) in [5.41, 5.74) is 0.847. The first kappa shape index (κ1) is 14.5. The summed E-state index contributed by atoms with van der Waals surface area (Å²) in [6, 6.07) is 4.39. The van der Waals surface area contributed by atoms with Crippen molar-refractivity contribution in [3.63, 3.8) is 0 Å². The fraction of sp³-hybridized carbons (Fsp3) is 0.308. The molecule has 0 amide bonds. The van der Waals surface area contributed by atoms with E-state index in [0.29, 0.717) is 0 Å². The number of rotatable bonds is 4. The highest BCUT2D eigenvalue weighted by Gasteiger charge is 2.12. The maximum atomic E-state index is 13.6. The van der Waals surface area contributed by atoms with Gasteiger partial charge in [0.05, 0.1) is 6.10 Å². The Labute approximate surface area is 120 Å². The third-order valence-corrected chi connectivity index (χ3v) is 2.37. The lowest BCUT2D eigenvalue weighted by Crippen LogP contribution is -2.09. The molecule has 0 atom stereocenters. The van der Waals surface area contributed by atoms with Gasteiger partial charge in [-0.2, -0.15) is 9.97 Å². The minimum atomic E-state index is -0.515. The average molecular weight is 298 g/mol. The predicted molar refractivity (Wildman–Crippen MR) is 71.8 cm³/mol. The van der Waals surface area contributed by atoms with Gasteiger partial charge in [-0.3, -0.25) is 0 Å². The fourth-order valence-electron chi connectivity index (χ4n) is 1.41. The molecule has 1 aromatic carbocycles. The van der Waals surface area contributed by atoms with Crippen LogP contribution in [0.2, 0.25) is 5.28 Å². The highest BCUT2D eigenvalue weighted by Crippen LogP contribution is 2.24. The molecule has 0 fully saturated rings. The van der Waals surface area contributed by atoms with Gasteiger partial charge in [-0.25, -0.2) is 4.39 Å². The van der Waals surface area contributed by atoms with Gasteiger partial charge in [0, 0.05) is 0 Å². The van der Waals surface area contributed by atoms with Crippen LogP contribution in [0, 0.1) is 12.7 Å². The summed E-state index contributed by atoms with van der Waals surface area (Å²) < 4.78 is 24.2. The average Bonchev–Trinajstić information content (AvgIpc) is 2.32. The van der Waals surface area contributed by atoms with Crippen molar-refractivity contribution in [2.24, 2.45) is 0 Å². The van der Waals surface area contributed by atoms with E-state index < -0.39 is 5.82 Å². The number of benzene rings is 1. The molecule has 2 aromatic rings. The number of aryl methyl sites for hydroxylation is 1. The first-order valence-electron chi connectivity index (χ1n) is 5.96. The minimum Gasteiger partial charge on any atom is -0.461 e. The lowest BCUT2D eigenvalue weighted by atomic mass is 10.2. The second kappa shape index (κ2) is 6.00. The second-order valence-electron chi connectivity index (χ2n) is 4.37. The highest BCUT2D eigenvalue weighted by molar-refractivity contribution is 6.28. The summed E-state index contributed by atoms with van der Waals surface area (Å²) in [6.45, 7) is 5.46. The Kier molecular flexibility index (Phi) is 4.34. The van der Waals surface area contributed by atoms with Crippen molar-refractivity contribution in [1.82, 2.24) is 15.0 Å². The second-order valence-corrected chi connectivity index (χ2v) is 4.71. The van der Waals surface area contributed by atoms with Gasteiger partial charge in [0.15, 0.2) is 11.6 Å². The van der Waals surface area contributed by atoms with Crippen molar-refractivity contribution in [2.45, 2.75) is 26.9 Å². The summed E-state index contributed by atoms with van der Waals surface area (Å²) in [5, 5.41) is -0.0845. The Morgan fingerprint density at radius 1 is 1.15 bits per heavy atom. The number of halogens is 2. The van der Waals surface area contributed by atoms with E-state index >= 15 is 0 Å². The molecule has 0 bridgehead atoms. The first-order valence-corrected chi connectivity index (χ1v) is 6.34. The van der Waals surface area contributed by atoms with Crippen LogP contribution in [0.1, 0.15) is 19.4 Å². The largest absolute Gasteiger partial charge is 0.461 e. The number of hydrogen-bond donors (Lipinski definition) is 0. The molecule has 0 aliphatic rings. The van der Waals surface area contributed by atoms with Crippen LogP contribution in [0.25, 0.3) is 0 Å². The van der Waals surface area contributed by atoms with Crippen molar-refractivity contribution in [1.29, 1.82) is 0 Å². The normalized spacial score (nSPS) is 10.7. The maximum Gasteiger partial charge on any atom is 0.329 e. The molecule has 0 radical (unpaired) electrons. The molecule has 0 spiro atoms. The van der Waals surface area contributed by atoms with E-state index in [1.54, 1.807) is 6.07 Å². The van der Waals surface area contributed by atoms with Crippen molar-refractivity contribution < 1.29 is 13.9 Å². The van der Waals surface area contributed by atoms with Gasteiger partial charge in [0.2, 0.25) is 5.28 Å². The van der Waals surface area contributed by atoms with Crippen LogP contribution in [0.4, 0.5) is 4.39 Å². The van der Waals surface area contributed by atoms with Crippen LogP contribution >= 0.6 is 11.6 Å². The molecular weight excluding hydrogens is 285 g/mol. The maximum absolute atomic E-state index is 13.6. The summed E-state index contributed by atoms with van der Waals surface area (Å²) >= 11 is 5.75. The summed E-state index contributed by atoms with van der Waals surface area (Å²) in [4.78, 5) is 11.5. The van der Waals surface area contributed by atoms with Crippen molar-refractivity contribution in [2.75, 3.05) is 0 Å². The SMILES string of the molecule is Cc1ccc(F)c(Oc2nc(Cl)nc(OC(C)C)n2)c1. The molecule has 0 aliphatic carbocycles. The van der Waals surface area contributed by atoms with Gasteiger partial charge in [-0.05, 0) is 50.1 Å². The molecule has 0 N–H and O–H groups in total. The predicted octanol–water partition coefficient (Wildman–Crippen LogP) is 3.55. The van der Waals surface area contributed by atoms with Crippen LogP contribution in [0.15, 0.2) is 18.2 Å². The molecule has 1 heterocycles. The highest BCUT2D eigenvalue weighted by atomic mass is 35.5. The zero-order valence-corrected chi connectivity index (χ0v) is 12.0. The van der Waals surface area contributed by atoms with E-state index in [1.165, 1.54) is 12.1 Å². The van der Waals surface area contributed by atoms with Crippen molar-refractivity contribution in [3.8, 4) is 17.8 Å². The third kappa shape index (κ3) is 3.77. The Hall–Kier alpha value is -1.95. The monoisotopic (exact) mass is 297 g/mol. The summed E-state index contributed by atoms with van der Waals surface area (Å²) in [6.07, 6.45) is -0.128. The quantitative estimate of drug-likeness (QED) is 0.863. The third-order valence-electron chi connectivity index (χ3n) is 2.20. The van der Waals surface area contributed by atoms with E-state index in [9.17, 15) is 4.39 Å². The first-order chi connectivity index (χ1) is 9.44. The van der Waals surface area contributed by atoms with Gasteiger partial charge in [0.1, 0.15) is 0 Å². The fourth-order valence-corrected chi connectivity index (χ4v) is 1.56. The number of aromatic nitrogens is 3. The molecule has 5 nitrogen and oxygen atoms in total. The van der Waals surface area contributed by atoms with Crippen molar-refractivity contribution in [3.05, 3.63) is 34.9 Å². The molecule has 0 saturated carbocycles. The van der Waals surface area contributed by atoms with Crippen LogP contribution in [-0.2, 0) is 0 Å². The lowest BCUT2D eigenvalue weighted by molar-refractivity contribution is 0.218. The molecule has 20 heavy (non-hydrogen) atoms. The molecule has 0 aliphatic heterocycles. The zero-order valence-electron chi connectivity index (χ0n) is 11.2. The molecule has 2 rings (SSSR count).